The van der Waals surface area contributed by atoms with Gasteiger partial charge in [-0.15, -0.1) is 0 Å². The molecular formula is C22H35NO7. The van der Waals surface area contributed by atoms with Gasteiger partial charge in [-0.2, -0.15) is 0 Å². The number of epoxide rings is 2. The van der Waals surface area contributed by atoms with Crippen LogP contribution in [-0.4, -0.2) is 74.9 Å². The van der Waals surface area contributed by atoms with Crippen LogP contribution in [0.4, 0.5) is 0 Å². The first-order valence-corrected chi connectivity index (χ1v) is 10.7. The monoisotopic (exact) mass is 425 g/mol. The average Bonchev–Trinajstić information content (AvgIpc) is 3.62. The van der Waals surface area contributed by atoms with Crippen molar-refractivity contribution in [2.24, 2.45) is 5.92 Å². The third-order valence-electron chi connectivity index (χ3n) is 6.63. The molecule has 0 amide bonds. The highest BCUT2D eigenvalue weighted by molar-refractivity contribution is 5.77. The molecule has 0 bridgehead atoms. The van der Waals surface area contributed by atoms with E-state index in [1.54, 1.807) is 14.0 Å². The zero-order chi connectivity index (χ0) is 22.1. The largest absolute Gasteiger partial charge is 0.468 e. The third-order valence-corrected chi connectivity index (χ3v) is 6.63. The molecule has 3 rings (SSSR count). The van der Waals surface area contributed by atoms with Crippen molar-refractivity contribution in [3.8, 4) is 0 Å². The van der Waals surface area contributed by atoms with Crippen LogP contribution in [0.15, 0.2) is 11.6 Å². The molecule has 1 N–H and O–H groups in total. The SMILES string of the molecule is COC(=O)C(C)NCC(=O)O[C@@H]1CC[C@]2(CO2)[C@@H]([C@@]2(C)OC2CC=C(C)C)[C@@H]1OC. The van der Waals surface area contributed by atoms with E-state index < -0.39 is 18.0 Å². The van der Waals surface area contributed by atoms with Crippen LogP contribution < -0.4 is 5.32 Å². The standard InChI is InChI=1S/C22H35NO7/c1-13(2)7-8-16-21(4,30-16)19-18(26-5)15(9-10-22(19)12-28-22)29-17(24)11-23-14(3)20(25)27-6/h7,14-16,18-19,23H,8-12H2,1-6H3/t14?,15-,16?,18-,19-,21+,22+/m1/s1. The van der Waals surface area contributed by atoms with E-state index in [2.05, 4.69) is 36.9 Å². The van der Waals surface area contributed by atoms with Crippen LogP contribution in [0, 0.1) is 5.92 Å². The molecule has 7 atom stereocenters. The zero-order valence-electron chi connectivity index (χ0n) is 18.9. The Balaban J connectivity index is 1.64. The molecule has 0 aromatic heterocycles. The summed E-state index contributed by atoms with van der Waals surface area (Å²) in [6.07, 6.45) is 3.91. The minimum Gasteiger partial charge on any atom is -0.468 e. The number of carbonyl (C=O) groups excluding carboxylic acids is 2. The van der Waals surface area contributed by atoms with Gasteiger partial charge in [-0.1, -0.05) is 11.6 Å². The highest BCUT2D eigenvalue weighted by Crippen LogP contribution is 2.59. The van der Waals surface area contributed by atoms with Crippen LogP contribution >= 0.6 is 0 Å². The summed E-state index contributed by atoms with van der Waals surface area (Å²) in [5, 5.41) is 2.83. The Labute approximate surface area is 178 Å². The summed E-state index contributed by atoms with van der Waals surface area (Å²) in [5.41, 5.74) is 0.638. The Morgan fingerprint density at radius 1 is 1.30 bits per heavy atom. The number of methoxy groups -OCH3 is 2. The van der Waals surface area contributed by atoms with Crippen LogP contribution in [0.5, 0.6) is 0 Å². The lowest BCUT2D eigenvalue weighted by Crippen LogP contribution is -2.56. The smallest absolute Gasteiger partial charge is 0.322 e. The van der Waals surface area contributed by atoms with Gasteiger partial charge in [0.1, 0.15) is 29.5 Å². The molecule has 2 saturated heterocycles. The van der Waals surface area contributed by atoms with Crippen LogP contribution in [-0.2, 0) is 33.3 Å². The Bertz CT molecular complexity index is 685. The predicted octanol–water partition coefficient (Wildman–Crippen LogP) is 1.76. The minimum atomic E-state index is -0.586. The van der Waals surface area contributed by atoms with Gasteiger partial charge in [0.15, 0.2) is 0 Å². The number of hydrogen-bond acceptors (Lipinski definition) is 8. The summed E-state index contributed by atoms with van der Waals surface area (Å²) in [7, 11) is 2.96. The van der Waals surface area contributed by atoms with Gasteiger partial charge in [0.05, 0.1) is 32.3 Å². The lowest BCUT2D eigenvalue weighted by molar-refractivity contribution is -0.171. The first-order valence-electron chi connectivity index (χ1n) is 10.7. The molecule has 1 saturated carbocycles. The number of nitrogens with one attached hydrogen (secondary N) is 1. The van der Waals surface area contributed by atoms with Gasteiger partial charge in [0.2, 0.25) is 0 Å². The van der Waals surface area contributed by atoms with Gasteiger partial charge in [-0.25, -0.2) is 0 Å². The summed E-state index contributed by atoms with van der Waals surface area (Å²) in [6, 6.07) is -0.586. The van der Waals surface area contributed by atoms with E-state index in [1.165, 1.54) is 12.7 Å². The Morgan fingerprint density at radius 3 is 2.57 bits per heavy atom. The number of ether oxygens (including phenoxy) is 5. The van der Waals surface area contributed by atoms with Gasteiger partial charge in [-0.3, -0.25) is 14.9 Å². The molecule has 2 unspecified atom stereocenters. The fraction of sp³-hybridized carbons (Fsp3) is 0.818. The van der Waals surface area contributed by atoms with Gasteiger partial charge >= 0.3 is 11.9 Å². The predicted molar refractivity (Wildman–Crippen MR) is 109 cm³/mol. The van der Waals surface area contributed by atoms with Gasteiger partial charge in [-0.05, 0) is 47.0 Å². The Kier molecular flexibility index (Phi) is 6.91. The molecule has 3 fully saturated rings. The number of rotatable bonds is 9. The lowest BCUT2D eigenvalue weighted by atomic mass is 9.68. The fourth-order valence-corrected chi connectivity index (χ4v) is 4.78. The summed E-state index contributed by atoms with van der Waals surface area (Å²) < 4.78 is 28.4. The fourth-order valence-electron chi connectivity index (χ4n) is 4.78. The van der Waals surface area contributed by atoms with Crippen molar-refractivity contribution < 1.29 is 33.3 Å². The molecule has 0 aromatic rings. The molecule has 3 aliphatic rings. The van der Waals surface area contributed by atoms with Crippen molar-refractivity contribution in [3.05, 3.63) is 11.6 Å². The van der Waals surface area contributed by atoms with Crippen LogP contribution in [0.3, 0.4) is 0 Å². The quantitative estimate of drug-likeness (QED) is 0.339. The highest BCUT2D eigenvalue weighted by Gasteiger charge is 2.72. The van der Waals surface area contributed by atoms with Crippen molar-refractivity contribution in [3.63, 3.8) is 0 Å². The third kappa shape index (κ3) is 4.72. The maximum Gasteiger partial charge on any atom is 0.322 e. The Morgan fingerprint density at radius 2 is 2.00 bits per heavy atom. The summed E-state index contributed by atoms with van der Waals surface area (Å²) in [6.45, 7) is 8.51. The van der Waals surface area contributed by atoms with Crippen LogP contribution in [0.1, 0.15) is 47.0 Å². The van der Waals surface area contributed by atoms with Crippen molar-refractivity contribution in [2.75, 3.05) is 27.4 Å². The van der Waals surface area contributed by atoms with Gasteiger partial charge in [0, 0.05) is 7.11 Å². The highest BCUT2D eigenvalue weighted by atomic mass is 16.6. The number of esters is 2. The van der Waals surface area contributed by atoms with Crippen molar-refractivity contribution >= 4 is 11.9 Å². The molecule has 8 nitrogen and oxygen atoms in total. The molecule has 2 heterocycles. The first kappa shape index (κ1) is 23.2. The molecule has 170 valence electrons. The second kappa shape index (κ2) is 8.94. The van der Waals surface area contributed by atoms with Crippen molar-refractivity contribution in [2.45, 2.75) is 82.5 Å². The topological polar surface area (TPSA) is 98.9 Å². The number of allylic oxidation sites excluding steroid dienone is 1. The first-order chi connectivity index (χ1) is 14.2. The number of hydrogen-bond donors (Lipinski definition) is 1. The van der Waals surface area contributed by atoms with E-state index in [9.17, 15) is 9.59 Å². The molecule has 2 aliphatic heterocycles. The maximum atomic E-state index is 12.4. The molecule has 0 aromatic carbocycles. The molecule has 1 aliphatic carbocycles. The van der Waals surface area contributed by atoms with E-state index >= 15 is 0 Å². The van der Waals surface area contributed by atoms with Crippen LogP contribution in [0.2, 0.25) is 0 Å². The molecule has 0 radical (unpaired) electrons. The van der Waals surface area contributed by atoms with Crippen LogP contribution in [0.25, 0.3) is 0 Å². The zero-order valence-corrected chi connectivity index (χ0v) is 18.9. The molecular weight excluding hydrogens is 390 g/mol. The normalized spacial score (nSPS) is 37.9. The second-order valence-electron chi connectivity index (χ2n) is 9.03. The summed E-state index contributed by atoms with van der Waals surface area (Å²) in [4.78, 5) is 23.9. The second-order valence-corrected chi connectivity index (χ2v) is 9.03. The minimum absolute atomic E-state index is 0.0148. The lowest BCUT2D eigenvalue weighted by Gasteiger charge is -2.42. The van der Waals surface area contributed by atoms with E-state index in [0.29, 0.717) is 13.0 Å². The van der Waals surface area contributed by atoms with Crippen molar-refractivity contribution in [1.29, 1.82) is 0 Å². The average molecular weight is 426 g/mol. The van der Waals surface area contributed by atoms with E-state index in [0.717, 1.165) is 12.8 Å². The molecule has 30 heavy (non-hydrogen) atoms. The summed E-state index contributed by atoms with van der Waals surface area (Å²) in [5.74, 6) is -0.865. The van der Waals surface area contributed by atoms with E-state index in [4.69, 9.17) is 18.9 Å². The van der Waals surface area contributed by atoms with Gasteiger partial charge < -0.3 is 23.7 Å². The van der Waals surface area contributed by atoms with Gasteiger partial charge in [0.25, 0.3) is 0 Å². The molecule has 8 heteroatoms. The maximum absolute atomic E-state index is 12.4. The van der Waals surface area contributed by atoms with Crippen molar-refractivity contribution in [1.82, 2.24) is 5.32 Å². The molecule has 1 spiro atoms. The number of carbonyl (C=O) groups is 2. The summed E-state index contributed by atoms with van der Waals surface area (Å²) >= 11 is 0. The Hall–Kier alpha value is -1.48. The van der Waals surface area contributed by atoms with E-state index in [-0.39, 0.29) is 42.0 Å². The van der Waals surface area contributed by atoms with E-state index in [1.807, 2.05) is 0 Å².